The lowest BCUT2D eigenvalue weighted by Gasteiger charge is -2.59. The van der Waals surface area contributed by atoms with Crippen LogP contribution in [-0.2, 0) is 0 Å². The van der Waals surface area contributed by atoms with Crippen molar-refractivity contribution in [1.29, 1.82) is 0 Å². The van der Waals surface area contributed by atoms with E-state index in [1.165, 1.54) is 18.4 Å². The van der Waals surface area contributed by atoms with Crippen LogP contribution in [0.3, 0.4) is 0 Å². The zero-order valence-electron chi connectivity index (χ0n) is 12.7. The fourth-order valence-electron chi connectivity index (χ4n) is 3.78. The van der Waals surface area contributed by atoms with Gasteiger partial charge in [0.1, 0.15) is 5.69 Å². The summed E-state index contributed by atoms with van der Waals surface area (Å²) >= 11 is 0. The molecule has 4 rings (SSSR count). The van der Waals surface area contributed by atoms with Crippen molar-refractivity contribution in [2.75, 3.05) is 13.1 Å². The van der Waals surface area contributed by atoms with Crippen LogP contribution in [0.5, 0.6) is 0 Å². The van der Waals surface area contributed by atoms with Crippen LogP contribution in [0, 0.1) is 12.3 Å². The standard InChI is InChI=1S/C18H19N3O/c1-13-9-20-16(10-19-13)17(22)21-11-18(12-21)7-15(8-18)14-5-3-2-4-6-14/h2-6,9-10,15H,7-8,11-12H2,1H3. The molecule has 1 saturated heterocycles. The van der Waals surface area contributed by atoms with Gasteiger partial charge in [-0.1, -0.05) is 30.3 Å². The number of aryl methyl sites for hydroxylation is 1. The number of carbonyl (C=O) groups excluding carboxylic acids is 1. The van der Waals surface area contributed by atoms with Gasteiger partial charge in [-0.15, -0.1) is 0 Å². The highest BCUT2D eigenvalue weighted by atomic mass is 16.2. The highest BCUT2D eigenvalue weighted by molar-refractivity contribution is 5.92. The Bertz CT molecular complexity index is 682. The fraction of sp³-hybridized carbons (Fsp3) is 0.389. The summed E-state index contributed by atoms with van der Waals surface area (Å²) in [7, 11) is 0. The maximum absolute atomic E-state index is 12.3. The average molecular weight is 293 g/mol. The number of amides is 1. The molecule has 0 radical (unpaired) electrons. The van der Waals surface area contributed by atoms with Crippen LogP contribution >= 0.6 is 0 Å². The third kappa shape index (κ3) is 2.19. The summed E-state index contributed by atoms with van der Waals surface area (Å²) in [6.07, 6.45) is 5.62. The zero-order valence-corrected chi connectivity index (χ0v) is 12.7. The Morgan fingerprint density at radius 3 is 2.50 bits per heavy atom. The Morgan fingerprint density at radius 2 is 1.86 bits per heavy atom. The molecule has 1 spiro atoms. The van der Waals surface area contributed by atoms with Crippen LogP contribution in [0.1, 0.15) is 40.5 Å². The smallest absolute Gasteiger partial charge is 0.274 e. The summed E-state index contributed by atoms with van der Waals surface area (Å²) < 4.78 is 0. The number of benzene rings is 1. The molecular formula is C18H19N3O. The van der Waals surface area contributed by atoms with Crippen LogP contribution in [0.4, 0.5) is 0 Å². The molecule has 2 aliphatic rings. The van der Waals surface area contributed by atoms with E-state index in [4.69, 9.17) is 0 Å². The summed E-state index contributed by atoms with van der Waals surface area (Å²) in [6, 6.07) is 10.7. The van der Waals surface area contributed by atoms with Gasteiger partial charge in [-0.25, -0.2) is 4.98 Å². The molecule has 4 nitrogen and oxygen atoms in total. The van der Waals surface area contributed by atoms with Gasteiger partial charge in [0.15, 0.2) is 0 Å². The number of nitrogens with zero attached hydrogens (tertiary/aromatic N) is 3. The van der Waals surface area contributed by atoms with Crippen molar-refractivity contribution in [3.8, 4) is 0 Å². The summed E-state index contributed by atoms with van der Waals surface area (Å²) in [5.41, 5.74) is 3.08. The molecule has 1 aliphatic carbocycles. The van der Waals surface area contributed by atoms with E-state index in [1.807, 2.05) is 11.8 Å². The molecule has 0 bridgehead atoms. The largest absolute Gasteiger partial charge is 0.336 e. The molecule has 0 N–H and O–H groups in total. The number of hydrogen-bond donors (Lipinski definition) is 0. The second-order valence-corrected chi connectivity index (χ2v) is 6.72. The molecule has 1 aliphatic heterocycles. The van der Waals surface area contributed by atoms with Gasteiger partial charge < -0.3 is 4.90 Å². The number of hydrogen-bond acceptors (Lipinski definition) is 3. The van der Waals surface area contributed by atoms with Gasteiger partial charge in [-0.2, -0.15) is 0 Å². The second-order valence-electron chi connectivity index (χ2n) is 6.72. The van der Waals surface area contributed by atoms with Gasteiger partial charge in [-0.05, 0) is 31.2 Å². The number of likely N-dealkylation sites (tertiary alicyclic amines) is 1. The topological polar surface area (TPSA) is 46.1 Å². The normalized spacial score (nSPS) is 19.6. The molecule has 0 unspecified atom stereocenters. The minimum absolute atomic E-state index is 0.0151. The summed E-state index contributed by atoms with van der Waals surface area (Å²) in [6.45, 7) is 3.60. The van der Waals surface area contributed by atoms with Crippen molar-refractivity contribution in [3.05, 3.63) is 59.7 Å². The first-order valence-electron chi connectivity index (χ1n) is 7.78. The van der Waals surface area contributed by atoms with E-state index in [0.717, 1.165) is 18.8 Å². The third-order valence-corrected chi connectivity index (χ3v) is 4.97. The first-order valence-corrected chi connectivity index (χ1v) is 7.78. The van der Waals surface area contributed by atoms with E-state index in [2.05, 4.69) is 40.3 Å². The van der Waals surface area contributed by atoms with Crippen molar-refractivity contribution in [2.45, 2.75) is 25.7 Å². The van der Waals surface area contributed by atoms with Crippen molar-refractivity contribution in [2.24, 2.45) is 5.41 Å². The van der Waals surface area contributed by atoms with Gasteiger partial charge in [-0.3, -0.25) is 9.78 Å². The van der Waals surface area contributed by atoms with Gasteiger partial charge >= 0.3 is 0 Å². The Labute approximate surface area is 130 Å². The molecule has 2 aromatic rings. The van der Waals surface area contributed by atoms with Gasteiger partial charge in [0.2, 0.25) is 0 Å². The average Bonchev–Trinajstić information content (AvgIpc) is 2.46. The summed E-state index contributed by atoms with van der Waals surface area (Å²) in [5.74, 6) is 0.680. The number of rotatable bonds is 2. The Morgan fingerprint density at radius 1 is 1.14 bits per heavy atom. The molecule has 0 atom stereocenters. The quantitative estimate of drug-likeness (QED) is 0.855. The van der Waals surface area contributed by atoms with Crippen LogP contribution in [0.15, 0.2) is 42.7 Å². The Kier molecular flexibility index (Phi) is 2.99. The molecule has 22 heavy (non-hydrogen) atoms. The van der Waals surface area contributed by atoms with E-state index < -0.39 is 0 Å². The first kappa shape index (κ1) is 13.4. The van der Waals surface area contributed by atoms with Crippen molar-refractivity contribution < 1.29 is 4.79 Å². The van der Waals surface area contributed by atoms with E-state index in [9.17, 15) is 4.79 Å². The van der Waals surface area contributed by atoms with Gasteiger partial charge in [0.25, 0.3) is 5.91 Å². The lowest BCUT2D eigenvalue weighted by atomic mass is 9.56. The van der Waals surface area contributed by atoms with Gasteiger partial charge in [0, 0.05) is 24.7 Å². The maximum Gasteiger partial charge on any atom is 0.274 e. The van der Waals surface area contributed by atoms with E-state index >= 15 is 0 Å². The molecule has 2 heterocycles. The van der Waals surface area contributed by atoms with Gasteiger partial charge in [0.05, 0.1) is 11.9 Å². The maximum atomic E-state index is 12.3. The summed E-state index contributed by atoms with van der Waals surface area (Å²) in [4.78, 5) is 22.6. The minimum atomic E-state index is 0.0151. The summed E-state index contributed by atoms with van der Waals surface area (Å²) in [5, 5.41) is 0. The van der Waals surface area contributed by atoms with Crippen molar-refractivity contribution in [1.82, 2.24) is 14.9 Å². The Hall–Kier alpha value is -2.23. The Balaban J connectivity index is 1.35. The number of aromatic nitrogens is 2. The highest BCUT2D eigenvalue weighted by Gasteiger charge is 2.53. The molecular weight excluding hydrogens is 274 g/mol. The monoisotopic (exact) mass is 293 g/mol. The molecule has 1 aromatic heterocycles. The molecule has 1 amide bonds. The highest BCUT2D eigenvalue weighted by Crippen LogP contribution is 2.56. The predicted molar refractivity (Wildman–Crippen MR) is 83.5 cm³/mol. The fourth-order valence-corrected chi connectivity index (χ4v) is 3.78. The zero-order chi connectivity index (χ0) is 15.2. The molecule has 4 heteroatoms. The lowest BCUT2D eigenvalue weighted by molar-refractivity contribution is -0.0556. The molecule has 2 fully saturated rings. The van der Waals surface area contributed by atoms with E-state index in [-0.39, 0.29) is 5.91 Å². The van der Waals surface area contributed by atoms with E-state index in [0.29, 0.717) is 17.0 Å². The predicted octanol–water partition coefficient (Wildman–Crippen LogP) is 2.80. The first-order chi connectivity index (χ1) is 10.7. The van der Waals surface area contributed by atoms with Crippen molar-refractivity contribution >= 4 is 5.91 Å². The SMILES string of the molecule is Cc1cnc(C(=O)N2CC3(CC(c4ccccc4)C3)C2)cn1. The lowest BCUT2D eigenvalue weighted by Crippen LogP contribution is -2.63. The van der Waals surface area contributed by atoms with Crippen LogP contribution in [0.25, 0.3) is 0 Å². The minimum Gasteiger partial charge on any atom is -0.336 e. The van der Waals surface area contributed by atoms with Crippen LogP contribution < -0.4 is 0 Å². The number of carbonyl (C=O) groups is 1. The van der Waals surface area contributed by atoms with Crippen LogP contribution in [0.2, 0.25) is 0 Å². The second kappa shape index (κ2) is 4.90. The molecule has 1 saturated carbocycles. The van der Waals surface area contributed by atoms with E-state index in [1.54, 1.807) is 12.4 Å². The van der Waals surface area contributed by atoms with Crippen LogP contribution in [-0.4, -0.2) is 33.9 Å². The molecule has 1 aromatic carbocycles. The molecule has 112 valence electrons. The van der Waals surface area contributed by atoms with Crippen molar-refractivity contribution in [3.63, 3.8) is 0 Å². The third-order valence-electron chi connectivity index (χ3n) is 4.97.